The minimum atomic E-state index is -3.13. The van der Waals surface area contributed by atoms with Gasteiger partial charge in [-0.25, -0.2) is 8.42 Å². The number of halogens is 3. The third kappa shape index (κ3) is 6.00. The van der Waals surface area contributed by atoms with Crippen LogP contribution in [-0.2, 0) is 20.0 Å². The van der Waals surface area contributed by atoms with Crippen molar-refractivity contribution in [2.45, 2.75) is 37.1 Å². The van der Waals surface area contributed by atoms with Crippen LogP contribution in [0.1, 0.15) is 31.2 Å². The summed E-state index contributed by atoms with van der Waals surface area (Å²) < 4.78 is 22.3. The zero-order valence-corrected chi connectivity index (χ0v) is 17.1. The van der Waals surface area contributed by atoms with Crippen molar-refractivity contribution < 1.29 is 13.2 Å². The van der Waals surface area contributed by atoms with Crippen molar-refractivity contribution in [3.05, 3.63) is 33.8 Å². The first-order chi connectivity index (χ1) is 11.1. The maximum Gasteiger partial charge on any atom is 0.236 e. The molecule has 1 saturated carbocycles. The van der Waals surface area contributed by atoms with Crippen molar-refractivity contribution in [1.29, 1.82) is 0 Å². The Balaban J connectivity index is 0.00000312. The summed E-state index contributed by atoms with van der Waals surface area (Å²) in [5.41, 5.74) is 6.56. The van der Waals surface area contributed by atoms with Gasteiger partial charge in [0, 0.05) is 28.3 Å². The highest BCUT2D eigenvalue weighted by Crippen LogP contribution is 2.46. The Bertz CT molecular complexity index is 721. The lowest BCUT2D eigenvalue weighted by molar-refractivity contribution is -0.122. The zero-order valence-electron chi connectivity index (χ0n) is 13.9. The van der Waals surface area contributed by atoms with Gasteiger partial charge in [0.15, 0.2) is 0 Å². The number of carbonyl (C=O) groups is 1. The third-order valence-electron chi connectivity index (χ3n) is 4.55. The normalized spacial score (nSPS) is 17.1. The maximum atomic E-state index is 12.1. The molecule has 1 unspecified atom stereocenters. The fourth-order valence-electron chi connectivity index (χ4n) is 2.92. The number of nitrogens with one attached hydrogen (secondary N) is 1. The molecule has 3 N–H and O–H groups in total. The molecular weight excluding hydrogens is 407 g/mol. The Morgan fingerprint density at radius 2 is 2.00 bits per heavy atom. The molecule has 1 aromatic rings. The molecule has 1 fully saturated rings. The van der Waals surface area contributed by atoms with Crippen molar-refractivity contribution in [3.63, 3.8) is 0 Å². The van der Waals surface area contributed by atoms with E-state index in [2.05, 4.69) is 5.32 Å². The van der Waals surface area contributed by atoms with E-state index in [9.17, 15) is 13.2 Å². The minimum absolute atomic E-state index is 0. The molecule has 142 valence electrons. The van der Waals surface area contributed by atoms with E-state index < -0.39 is 15.9 Å². The first kappa shape index (κ1) is 22.5. The molecule has 0 aromatic heterocycles. The van der Waals surface area contributed by atoms with E-state index in [1.54, 1.807) is 12.1 Å². The lowest BCUT2D eigenvalue weighted by Gasteiger charge is -2.43. The monoisotopic (exact) mass is 428 g/mol. The molecule has 0 radical (unpaired) electrons. The minimum Gasteiger partial charge on any atom is -0.354 e. The molecule has 0 spiro atoms. The van der Waals surface area contributed by atoms with Crippen molar-refractivity contribution in [3.8, 4) is 0 Å². The van der Waals surface area contributed by atoms with Crippen LogP contribution in [0.3, 0.4) is 0 Å². The molecule has 0 aliphatic heterocycles. The number of hydrogen-bond donors (Lipinski definition) is 2. The number of hydrogen-bond acceptors (Lipinski definition) is 4. The van der Waals surface area contributed by atoms with Crippen molar-refractivity contribution in [2.75, 3.05) is 18.6 Å². The summed E-state index contributed by atoms with van der Waals surface area (Å²) in [6.45, 7) is 0.430. The Morgan fingerprint density at radius 3 is 2.48 bits per heavy atom. The predicted octanol–water partition coefficient (Wildman–Crippen LogP) is 2.72. The topological polar surface area (TPSA) is 89.3 Å². The summed E-state index contributed by atoms with van der Waals surface area (Å²) >= 11 is 12.3. The van der Waals surface area contributed by atoms with Gasteiger partial charge in [-0.05, 0) is 37.0 Å². The van der Waals surface area contributed by atoms with Gasteiger partial charge in [0.25, 0.3) is 0 Å². The van der Waals surface area contributed by atoms with Crippen molar-refractivity contribution in [2.24, 2.45) is 5.73 Å². The number of sulfone groups is 1. The van der Waals surface area contributed by atoms with Crippen LogP contribution in [0.4, 0.5) is 0 Å². The SMILES string of the molecule is CS(=O)(=O)CCC(N)C(=O)NCC1(c2ccc(Cl)cc2Cl)CCC1.Cl. The molecule has 1 amide bonds. The molecule has 1 atom stereocenters. The lowest BCUT2D eigenvalue weighted by atomic mass is 9.64. The smallest absolute Gasteiger partial charge is 0.236 e. The molecule has 0 heterocycles. The average molecular weight is 430 g/mol. The Labute approximate surface area is 165 Å². The van der Waals surface area contributed by atoms with Crippen molar-refractivity contribution >= 4 is 51.4 Å². The van der Waals surface area contributed by atoms with E-state index in [1.807, 2.05) is 6.07 Å². The molecule has 1 aliphatic rings. The number of carbonyl (C=O) groups excluding carboxylic acids is 1. The molecule has 1 aliphatic carbocycles. The first-order valence-electron chi connectivity index (χ1n) is 7.79. The van der Waals surface area contributed by atoms with Crippen LogP contribution in [0.2, 0.25) is 10.0 Å². The van der Waals surface area contributed by atoms with E-state index in [-0.39, 0.29) is 35.9 Å². The maximum absolute atomic E-state index is 12.1. The molecule has 9 heteroatoms. The van der Waals surface area contributed by atoms with Gasteiger partial charge >= 0.3 is 0 Å². The summed E-state index contributed by atoms with van der Waals surface area (Å²) in [4.78, 5) is 12.1. The Morgan fingerprint density at radius 1 is 1.36 bits per heavy atom. The van der Waals surface area contributed by atoms with Crippen LogP contribution in [0.25, 0.3) is 0 Å². The summed E-state index contributed by atoms with van der Waals surface area (Å²) in [5, 5.41) is 4.02. The van der Waals surface area contributed by atoms with Gasteiger partial charge in [-0.1, -0.05) is 35.7 Å². The Kier molecular flexibility index (Phi) is 8.02. The van der Waals surface area contributed by atoms with Crippen LogP contribution < -0.4 is 11.1 Å². The van der Waals surface area contributed by atoms with E-state index in [0.717, 1.165) is 31.1 Å². The Hall–Kier alpha value is -0.530. The summed E-state index contributed by atoms with van der Waals surface area (Å²) in [5.74, 6) is -0.439. The van der Waals surface area contributed by atoms with E-state index in [4.69, 9.17) is 28.9 Å². The van der Waals surface area contributed by atoms with Crippen LogP contribution in [-0.4, -0.2) is 38.9 Å². The molecule has 25 heavy (non-hydrogen) atoms. The van der Waals surface area contributed by atoms with Gasteiger partial charge in [0.1, 0.15) is 9.84 Å². The highest BCUT2D eigenvalue weighted by atomic mass is 35.5. The number of amides is 1. The fourth-order valence-corrected chi connectivity index (χ4v) is 4.22. The largest absolute Gasteiger partial charge is 0.354 e. The molecule has 1 aromatic carbocycles. The molecule has 0 saturated heterocycles. The lowest BCUT2D eigenvalue weighted by Crippen LogP contribution is -2.50. The van der Waals surface area contributed by atoms with E-state index in [1.165, 1.54) is 0 Å². The third-order valence-corrected chi connectivity index (χ3v) is 6.08. The predicted molar refractivity (Wildman–Crippen MR) is 105 cm³/mol. The molecular formula is C16H23Cl3N2O3S. The number of rotatable bonds is 7. The van der Waals surface area contributed by atoms with Gasteiger partial charge < -0.3 is 11.1 Å². The van der Waals surface area contributed by atoms with Gasteiger partial charge in [-0.3, -0.25) is 4.79 Å². The van der Waals surface area contributed by atoms with E-state index >= 15 is 0 Å². The highest BCUT2D eigenvalue weighted by Gasteiger charge is 2.40. The van der Waals surface area contributed by atoms with Gasteiger partial charge in [0.05, 0.1) is 11.8 Å². The van der Waals surface area contributed by atoms with Crippen LogP contribution in [0.5, 0.6) is 0 Å². The van der Waals surface area contributed by atoms with Gasteiger partial charge in [-0.15, -0.1) is 12.4 Å². The zero-order chi connectivity index (χ0) is 18.0. The quantitative estimate of drug-likeness (QED) is 0.697. The van der Waals surface area contributed by atoms with Crippen molar-refractivity contribution in [1.82, 2.24) is 5.32 Å². The van der Waals surface area contributed by atoms with E-state index in [0.29, 0.717) is 16.6 Å². The summed E-state index contributed by atoms with van der Waals surface area (Å²) in [6, 6.07) is 4.57. The summed E-state index contributed by atoms with van der Waals surface area (Å²) in [6.07, 6.45) is 4.15. The average Bonchev–Trinajstić information content (AvgIpc) is 2.44. The first-order valence-corrected chi connectivity index (χ1v) is 10.6. The number of nitrogens with two attached hydrogens (primary N) is 1. The van der Waals surface area contributed by atoms with Crippen LogP contribution >= 0.6 is 35.6 Å². The highest BCUT2D eigenvalue weighted by molar-refractivity contribution is 7.90. The standard InChI is InChI=1S/C16H22Cl2N2O3S.ClH/c1-24(22,23)8-5-14(19)15(21)20-10-16(6-2-7-16)12-4-3-11(17)9-13(12)18;/h3-4,9,14H,2,5-8,10,19H2,1H3,(H,20,21);1H. The second-order valence-corrected chi connectivity index (χ2v) is 9.60. The molecule has 2 rings (SSSR count). The van der Waals surface area contributed by atoms with Crippen LogP contribution in [0, 0.1) is 0 Å². The molecule has 5 nitrogen and oxygen atoms in total. The molecule has 0 bridgehead atoms. The van der Waals surface area contributed by atoms with Gasteiger partial charge in [0.2, 0.25) is 5.91 Å². The second-order valence-electron chi connectivity index (χ2n) is 6.50. The number of benzene rings is 1. The second kappa shape index (κ2) is 8.91. The fraction of sp³-hybridized carbons (Fsp3) is 0.562. The van der Waals surface area contributed by atoms with Gasteiger partial charge in [-0.2, -0.15) is 0 Å². The summed E-state index contributed by atoms with van der Waals surface area (Å²) in [7, 11) is -3.13. The van der Waals surface area contributed by atoms with Crippen LogP contribution in [0.15, 0.2) is 18.2 Å².